The Balaban J connectivity index is 1.71. The predicted octanol–water partition coefficient (Wildman–Crippen LogP) is 6.75. The van der Waals surface area contributed by atoms with Crippen LogP contribution in [0.15, 0.2) is 77.3 Å². The van der Waals surface area contributed by atoms with Gasteiger partial charge in [0.1, 0.15) is 12.4 Å². The maximum Gasteiger partial charge on any atom is 0.119 e. The Kier molecular flexibility index (Phi) is 6.12. The van der Waals surface area contributed by atoms with E-state index in [1.165, 1.54) is 0 Å². The molecule has 0 aliphatic heterocycles. The van der Waals surface area contributed by atoms with Crippen molar-refractivity contribution in [2.45, 2.75) is 6.61 Å². The van der Waals surface area contributed by atoms with Crippen molar-refractivity contribution in [2.24, 2.45) is 0 Å². The number of hydrogen-bond donors (Lipinski definition) is 0. The number of nitriles is 1. The standard InChI is InChI=1S/C22H15BrClNO/c23-20-9-7-17(8-10-20)19(14-25)13-16-5-11-21(12-6-16)26-15-18-3-1-2-4-22(18)24/h1-13H,15H2/b19-13-. The maximum atomic E-state index is 9.43. The monoisotopic (exact) mass is 423 g/mol. The second kappa shape index (κ2) is 8.71. The Morgan fingerprint density at radius 1 is 1.00 bits per heavy atom. The summed E-state index contributed by atoms with van der Waals surface area (Å²) in [7, 11) is 0. The van der Waals surface area contributed by atoms with E-state index in [0.29, 0.717) is 17.2 Å². The highest BCUT2D eigenvalue weighted by atomic mass is 79.9. The van der Waals surface area contributed by atoms with Gasteiger partial charge in [-0.3, -0.25) is 0 Å². The fraction of sp³-hybridized carbons (Fsp3) is 0.0455. The molecule has 0 unspecified atom stereocenters. The van der Waals surface area contributed by atoms with Crippen LogP contribution < -0.4 is 4.74 Å². The Hall–Kier alpha value is -2.54. The van der Waals surface area contributed by atoms with Crippen LogP contribution in [-0.2, 0) is 6.61 Å². The van der Waals surface area contributed by atoms with E-state index in [-0.39, 0.29) is 0 Å². The molecule has 0 atom stereocenters. The van der Waals surface area contributed by atoms with Gasteiger partial charge in [-0.1, -0.05) is 70.0 Å². The molecule has 0 heterocycles. The van der Waals surface area contributed by atoms with Crippen molar-refractivity contribution in [2.75, 3.05) is 0 Å². The zero-order valence-corrected chi connectivity index (χ0v) is 16.2. The smallest absolute Gasteiger partial charge is 0.119 e. The lowest BCUT2D eigenvalue weighted by Gasteiger charge is -2.08. The average Bonchev–Trinajstić information content (AvgIpc) is 2.67. The Morgan fingerprint density at radius 3 is 2.35 bits per heavy atom. The van der Waals surface area contributed by atoms with Gasteiger partial charge in [0.2, 0.25) is 0 Å². The molecule has 0 bridgehead atoms. The van der Waals surface area contributed by atoms with Gasteiger partial charge in [0.05, 0.1) is 11.6 Å². The summed E-state index contributed by atoms with van der Waals surface area (Å²) in [6.07, 6.45) is 1.86. The summed E-state index contributed by atoms with van der Waals surface area (Å²) in [4.78, 5) is 0. The van der Waals surface area contributed by atoms with Crippen molar-refractivity contribution in [1.82, 2.24) is 0 Å². The molecule has 4 heteroatoms. The summed E-state index contributed by atoms with van der Waals surface area (Å²) in [5.74, 6) is 0.754. The minimum atomic E-state index is 0.414. The molecule has 3 aromatic rings. The van der Waals surface area contributed by atoms with Gasteiger partial charge in [-0.25, -0.2) is 0 Å². The average molecular weight is 425 g/mol. The number of nitrogens with zero attached hydrogens (tertiary/aromatic N) is 1. The van der Waals surface area contributed by atoms with Gasteiger partial charge in [-0.05, 0) is 47.5 Å². The van der Waals surface area contributed by atoms with E-state index in [9.17, 15) is 5.26 Å². The summed E-state index contributed by atoms with van der Waals surface area (Å²) in [5, 5.41) is 10.1. The molecule has 2 nitrogen and oxygen atoms in total. The minimum Gasteiger partial charge on any atom is -0.489 e. The normalized spacial score (nSPS) is 11.0. The third-order valence-electron chi connectivity index (χ3n) is 3.82. The molecule has 0 aromatic heterocycles. The lowest BCUT2D eigenvalue weighted by molar-refractivity contribution is 0.306. The van der Waals surface area contributed by atoms with Crippen LogP contribution in [0.25, 0.3) is 11.6 Å². The van der Waals surface area contributed by atoms with Crippen LogP contribution in [0, 0.1) is 11.3 Å². The van der Waals surface area contributed by atoms with Crippen LogP contribution in [-0.4, -0.2) is 0 Å². The van der Waals surface area contributed by atoms with Gasteiger partial charge in [0.25, 0.3) is 0 Å². The molecule has 0 aliphatic rings. The number of allylic oxidation sites excluding steroid dienone is 1. The molecule has 0 radical (unpaired) electrons. The topological polar surface area (TPSA) is 33.0 Å². The summed E-state index contributed by atoms with van der Waals surface area (Å²) < 4.78 is 6.77. The fourth-order valence-corrected chi connectivity index (χ4v) is 2.87. The molecule has 26 heavy (non-hydrogen) atoms. The van der Waals surface area contributed by atoms with Gasteiger partial charge in [-0.15, -0.1) is 0 Å². The van der Waals surface area contributed by atoms with E-state index in [1.54, 1.807) is 0 Å². The van der Waals surface area contributed by atoms with E-state index >= 15 is 0 Å². The first kappa shape index (κ1) is 18.3. The van der Waals surface area contributed by atoms with Crippen molar-refractivity contribution >= 4 is 39.2 Å². The van der Waals surface area contributed by atoms with Crippen LogP contribution in [0.4, 0.5) is 0 Å². The largest absolute Gasteiger partial charge is 0.489 e. The predicted molar refractivity (Wildman–Crippen MR) is 110 cm³/mol. The van der Waals surface area contributed by atoms with Gasteiger partial charge >= 0.3 is 0 Å². The highest BCUT2D eigenvalue weighted by Gasteiger charge is 2.03. The first-order chi connectivity index (χ1) is 12.7. The molecule has 0 amide bonds. The van der Waals surface area contributed by atoms with Crippen LogP contribution in [0.2, 0.25) is 5.02 Å². The van der Waals surface area contributed by atoms with E-state index in [0.717, 1.165) is 26.9 Å². The summed E-state index contributed by atoms with van der Waals surface area (Å²) in [6.45, 7) is 0.414. The van der Waals surface area contributed by atoms with Crippen LogP contribution >= 0.6 is 27.5 Å². The summed E-state index contributed by atoms with van der Waals surface area (Å²) in [5.41, 5.74) is 3.38. The molecular formula is C22H15BrClNO. The fourth-order valence-electron chi connectivity index (χ4n) is 2.41. The Labute approximate surface area is 166 Å². The van der Waals surface area contributed by atoms with Gasteiger partial charge < -0.3 is 4.74 Å². The van der Waals surface area contributed by atoms with Gasteiger partial charge in [0.15, 0.2) is 0 Å². The van der Waals surface area contributed by atoms with Crippen LogP contribution in [0.5, 0.6) is 5.75 Å². The van der Waals surface area contributed by atoms with Crippen LogP contribution in [0.1, 0.15) is 16.7 Å². The SMILES string of the molecule is N#C/C(=C/c1ccc(OCc2ccccc2Cl)cc1)c1ccc(Br)cc1. The third-order valence-corrected chi connectivity index (χ3v) is 4.72. The van der Waals surface area contributed by atoms with Gasteiger partial charge in [0, 0.05) is 15.1 Å². The van der Waals surface area contributed by atoms with E-state index in [2.05, 4.69) is 22.0 Å². The minimum absolute atomic E-state index is 0.414. The zero-order chi connectivity index (χ0) is 18.4. The molecule has 0 aliphatic carbocycles. The highest BCUT2D eigenvalue weighted by molar-refractivity contribution is 9.10. The van der Waals surface area contributed by atoms with Gasteiger partial charge in [-0.2, -0.15) is 5.26 Å². The molecule has 128 valence electrons. The second-order valence-corrected chi connectivity index (χ2v) is 6.95. The number of hydrogen-bond acceptors (Lipinski definition) is 2. The molecule has 3 aromatic carbocycles. The first-order valence-corrected chi connectivity index (χ1v) is 9.17. The molecule has 0 saturated carbocycles. The van der Waals surface area contributed by atoms with E-state index in [4.69, 9.17) is 16.3 Å². The lowest BCUT2D eigenvalue weighted by Crippen LogP contribution is -1.95. The maximum absolute atomic E-state index is 9.43. The molecular weight excluding hydrogens is 410 g/mol. The Bertz CT molecular complexity index is 957. The molecule has 0 saturated heterocycles. The summed E-state index contributed by atoms with van der Waals surface area (Å²) in [6, 6.07) is 25.2. The van der Waals surface area contributed by atoms with Crippen LogP contribution in [0.3, 0.4) is 0 Å². The van der Waals surface area contributed by atoms with E-state index in [1.807, 2.05) is 78.9 Å². The molecule has 0 fully saturated rings. The number of halogens is 2. The number of ether oxygens (including phenoxy) is 1. The molecule has 0 spiro atoms. The van der Waals surface area contributed by atoms with Crippen molar-refractivity contribution in [1.29, 1.82) is 5.26 Å². The van der Waals surface area contributed by atoms with Crippen molar-refractivity contribution in [3.63, 3.8) is 0 Å². The Morgan fingerprint density at radius 2 is 1.69 bits per heavy atom. The molecule has 3 rings (SSSR count). The first-order valence-electron chi connectivity index (χ1n) is 8.00. The summed E-state index contributed by atoms with van der Waals surface area (Å²) >= 11 is 9.54. The molecule has 0 N–H and O–H groups in total. The lowest BCUT2D eigenvalue weighted by atomic mass is 10.0. The van der Waals surface area contributed by atoms with Crippen molar-refractivity contribution in [3.05, 3.63) is 99.0 Å². The second-order valence-electron chi connectivity index (χ2n) is 5.63. The van der Waals surface area contributed by atoms with E-state index < -0.39 is 0 Å². The zero-order valence-electron chi connectivity index (χ0n) is 13.8. The highest BCUT2D eigenvalue weighted by Crippen LogP contribution is 2.22. The van der Waals surface area contributed by atoms with Crippen molar-refractivity contribution in [3.8, 4) is 11.8 Å². The quantitative estimate of drug-likeness (QED) is 0.335. The third kappa shape index (κ3) is 4.76. The number of rotatable bonds is 5. The van der Waals surface area contributed by atoms with Crippen molar-refractivity contribution < 1.29 is 4.74 Å². The number of benzene rings is 3.